The normalized spacial score (nSPS) is 15.3. The molecule has 7 nitrogen and oxygen atoms in total. The molecule has 3 aromatic rings. The second-order valence-corrected chi connectivity index (χ2v) is 10.8. The molecular formula is C28H28F3N5O2S. The maximum absolute atomic E-state index is 13.7. The molecule has 0 bridgehead atoms. The zero-order chi connectivity index (χ0) is 28.3. The van der Waals surface area contributed by atoms with Crippen molar-refractivity contribution in [3.8, 4) is 11.8 Å². The Morgan fingerprint density at radius 3 is 2.64 bits per heavy atom. The lowest BCUT2D eigenvalue weighted by atomic mass is 10.1. The molecule has 204 valence electrons. The highest BCUT2D eigenvalue weighted by molar-refractivity contribution is 7.14. The lowest BCUT2D eigenvalue weighted by molar-refractivity contribution is -0.137. The van der Waals surface area contributed by atoms with Crippen molar-refractivity contribution in [1.82, 2.24) is 9.88 Å². The van der Waals surface area contributed by atoms with Crippen LogP contribution in [-0.2, 0) is 6.18 Å². The van der Waals surface area contributed by atoms with Gasteiger partial charge >= 0.3 is 6.18 Å². The van der Waals surface area contributed by atoms with Crippen LogP contribution in [0, 0.1) is 24.7 Å². The van der Waals surface area contributed by atoms with Crippen LogP contribution in [-0.4, -0.2) is 55.4 Å². The minimum absolute atomic E-state index is 0.0762. The van der Waals surface area contributed by atoms with Gasteiger partial charge in [0, 0.05) is 42.1 Å². The minimum Gasteiger partial charge on any atom is -0.371 e. The maximum atomic E-state index is 13.7. The molecule has 0 radical (unpaired) electrons. The Labute approximate surface area is 228 Å². The number of alkyl halides is 3. The largest absolute Gasteiger partial charge is 0.416 e. The van der Waals surface area contributed by atoms with E-state index in [1.165, 1.54) is 12.3 Å². The average molecular weight is 556 g/mol. The van der Waals surface area contributed by atoms with E-state index in [1.807, 2.05) is 25.9 Å². The molecule has 1 atom stereocenters. The van der Waals surface area contributed by atoms with Gasteiger partial charge in [-0.25, -0.2) is 4.98 Å². The fourth-order valence-electron chi connectivity index (χ4n) is 4.43. The summed E-state index contributed by atoms with van der Waals surface area (Å²) < 4.78 is 41.2. The van der Waals surface area contributed by atoms with Crippen LogP contribution in [0.25, 0.3) is 0 Å². The van der Waals surface area contributed by atoms with E-state index in [0.29, 0.717) is 40.8 Å². The zero-order valence-electron chi connectivity index (χ0n) is 21.7. The molecule has 2 aromatic carbocycles. The van der Waals surface area contributed by atoms with Gasteiger partial charge < -0.3 is 20.9 Å². The summed E-state index contributed by atoms with van der Waals surface area (Å²) in [5, 5.41) is 2.86. The second kappa shape index (κ2) is 11.5. The molecule has 1 aliphatic heterocycles. The molecule has 1 fully saturated rings. The van der Waals surface area contributed by atoms with E-state index in [1.54, 1.807) is 18.2 Å². The summed E-state index contributed by atoms with van der Waals surface area (Å²) in [5.41, 5.74) is 6.50. The number of aromatic nitrogens is 1. The summed E-state index contributed by atoms with van der Waals surface area (Å²) in [6, 6.07) is 8.57. The number of primary amides is 1. The SMILES string of the molecule is Cc1ccc(NC(=O)c2cc(N3CC[C@H](CN(C)C)C3)cc(C(F)(F)F)c2)cc1C#Cc1cnc(C(N)=O)s1. The van der Waals surface area contributed by atoms with E-state index in [2.05, 4.69) is 27.0 Å². The monoisotopic (exact) mass is 555 g/mol. The van der Waals surface area contributed by atoms with Gasteiger partial charge in [-0.1, -0.05) is 12.0 Å². The standard InChI is InChI=1S/C28H28F3N5O2S/c1-17-4-6-22(11-19(17)5-7-24-14-33-27(39-24)25(32)37)34-26(38)20-10-21(28(29,30)31)13-23(12-20)36-9-8-18(16-36)15-35(2)3/h4,6,10-14,18H,8-9,15-16H2,1-3H3,(H2,32,37)(H,34,38)/t18-/m1/s1. The van der Waals surface area contributed by atoms with Crippen molar-refractivity contribution in [3.05, 3.63) is 74.7 Å². The molecule has 2 heterocycles. The van der Waals surface area contributed by atoms with Crippen molar-refractivity contribution < 1.29 is 22.8 Å². The molecule has 0 aliphatic carbocycles. The molecule has 1 aromatic heterocycles. The quantitative estimate of drug-likeness (QED) is 0.434. The van der Waals surface area contributed by atoms with Gasteiger partial charge in [0.05, 0.1) is 16.6 Å². The average Bonchev–Trinajstić information content (AvgIpc) is 3.53. The number of benzene rings is 2. The first-order chi connectivity index (χ1) is 18.4. The van der Waals surface area contributed by atoms with Gasteiger partial charge in [0.1, 0.15) is 0 Å². The van der Waals surface area contributed by atoms with Gasteiger partial charge in [0.15, 0.2) is 5.01 Å². The van der Waals surface area contributed by atoms with Crippen molar-refractivity contribution in [1.29, 1.82) is 0 Å². The molecule has 3 N–H and O–H groups in total. The number of nitrogens with one attached hydrogen (secondary N) is 1. The number of hydrogen-bond donors (Lipinski definition) is 2. The molecule has 0 saturated carbocycles. The Morgan fingerprint density at radius 2 is 1.97 bits per heavy atom. The predicted molar refractivity (Wildman–Crippen MR) is 146 cm³/mol. The highest BCUT2D eigenvalue weighted by Gasteiger charge is 2.33. The van der Waals surface area contributed by atoms with Crippen LogP contribution in [0.4, 0.5) is 24.5 Å². The molecule has 1 aliphatic rings. The first-order valence-electron chi connectivity index (χ1n) is 12.2. The lowest BCUT2D eigenvalue weighted by Crippen LogP contribution is -2.26. The van der Waals surface area contributed by atoms with E-state index >= 15 is 0 Å². The minimum atomic E-state index is -4.59. The van der Waals surface area contributed by atoms with Gasteiger partial charge in [-0.05, 0) is 75.2 Å². The number of aryl methyl sites for hydroxylation is 1. The summed E-state index contributed by atoms with van der Waals surface area (Å²) >= 11 is 1.07. The zero-order valence-corrected chi connectivity index (χ0v) is 22.5. The Hall–Kier alpha value is -3.88. The third-order valence-corrected chi connectivity index (χ3v) is 7.24. The van der Waals surface area contributed by atoms with Gasteiger partial charge in [0.25, 0.3) is 11.8 Å². The number of halogens is 3. The Bertz CT molecular complexity index is 1460. The van der Waals surface area contributed by atoms with E-state index in [4.69, 9.17) is 5.73 Å². The first-order valence-corrected chi connectivity index (χ1v) is 13.0. The molecule has 1 saturated heterocycles. The van der Waals surface area contributed by atoms with Gasteiger partial charge in [-0.3, -0.25) is 9.59 Å². The van der Waals surface area contributed by atoms with E-state index in [9.17, 15) is 22.8 Å². The maximum Gasteiger partial charge on any atom is 0.416 e. The number of amides is 2. The number of nitrogens with zero attached hydrogens (tertiary/aromatic N) is 3. The fraction of sp³-hybridized carbons (Fsp3) is 0.321. The van der Waals surface area contributed by atoms with E-state index < -0.39 is 23.6 Å². The van der Waals surface area contributed by atoms with Crippen LogP contribution in [0.3, 0.4) is 0 Å². The summed E-state index contributed by atoms with van der Waals surface area (Å²) in [6.45, 7) is 3.94. The summed E-state index contributed by atoms with van der Waals surface area (Å²) in [6.07, 6.45) is -2.27. The molecule has 39 heavy (non-hydrogen) atoms. The molecular weight excluding hydrogens is 527 g/mol. The number of anilines is 2. The number of carbonyl (C=O) groups excluding carboxylic acids is 2. The number of nitrogens with two attached hydrogens (primary N) is 1. The van der Waals surface area contributed by atoms with Gasteiger partial charge in [-0.2, -0.15) is 13.2 Å². The highest BCUT2D eigenvalue weighted by Crippen LogP contribution is 2.35. The van der Waals surface area contributed by atoms with Crippen molar-refractivity contribution in [2.24, 2.45) is 11.7 Å². The second-order valence-electron chi connectivity index (χ2n) is 9.76. The van der Waals surface area contributed by atoms with Crippen molar-refractivity contribution in [2.75, 3.05) is 43.9 Å². The number of thiazole rings is 1. The molecule has 2 amide bonds. The summed E-state index contributed by atoms with van der Waals surface area (Å²) in [4.78, 5) is 32.8. The highest BCUT2D eigenvalue weighted by atomic mass is 32.1. The van der Waals surface area contributed by atoms with Gasteiger partial charge in [-0.15, -0.1) is 11.3 Å². The van der Waals surface area contributed by atoms with Crippen molar-refractivity contribution in [3.63, 3.8) is 0 Å². The Kier molecular flexibility index (Phi) is 8.28. The van der Waals surface area contributed by atoms with Crippen LogP contribution < -0.4 is 16.0 Å². The van der Waals surface area contributed by atoms with Crippen LogP contribution in [0.15, 0.2) is 42.6 Å². The number of carbonyl (C=O) groups is 2. The van der Waals surface area contributed by atoms with Crippen LogP contribution in [0.5, 0.6) is 0 Å². The molecule has 0 unspecified atom stereocenters. The summed E-state index contributed by atoms with van der Waals surface area (Å²) in [5.74, 6) is 4.96. The number of rotatable bonds is 6. The molecule has 0 spiro atoms. The first kappa shape index (κ1) is 28.1. The van der Waals surface area contributed by atoms with Crippen LogP contribution in [0.1, 0.15) is 48.1 Å². The third-order valence-electron chi connectivity index (χ3n) is 6.31. The Balaban J connectivity index is 1.57. The lowest BCUT2D eigenvalue weighted by Gasteiger charge is -2.22. The van der Waals surface area contributed by atoms with E-state index in [-0.39, 0.29) is 10.6 Å². The molecule has 4 rings (SSSR count). The summed E-state index contributed by atoms with van der Waals surface area (Å²) in [7, 11) is 3.94. The van der Waals surface area contributed by atoms with E-state index in [0.717, 1.165) is 42.0 Å². The van der Waals surface area contributed by atoms with Crippen LogP contribution >= 0.6 is 11.3 Å². The topological polar surface area (TPSA) is 91.6 Å². The third kappa shape index (κ3) is 7.16. The fourth-order valence-corrected chi connectivity index (χ4v) is 5.06. The van der Waals surface area contributed by atoms with Crippen molar-refractivity contribution in [2.45, 2.75) is 19.5 Å². The van der Waals surface area contributed by atoms with Crippen LogP contribution in [0.2, 0.25) is 0 Å². The molecule has 11 heteroatoms. The van der Waals surface area contributed by atoms with Gasteiger partial charge in [0.2, 0.25) is 0 Å². The predicted octanol–water partition coefficient (Wildman–Crippen LogP) is 4.61. The smallest absolute Gasteiger partial charge is 0.371 e. The Morgan fingerprint density at radius 1 is 1.21 bits per heavy atom. The number of hydrogen-bond acceptors (Lipinski definition) is 6. The van der Waals surface area contributed by atoms with Crippen molar-refractivity contribution >= 4 is 34.5 Å².